The molecule has 2 amide bonds. The van der Waals surface area contributed by atoms with Gasteiger partial charge >= 0.3 is 0 Å². The summed E-state index contributed by atoms with van der Waals surface area (Å²) in [5, 5.41) is 7.64. The molecule has 32 heavy (non-hydrogen) atoms. The van der Waals surface area contributed by atoms with Crippen molar-refractivity contribution in [1.29, 1.82) is 0 Å². The Bertz CT molecular complexity index is 1100. The van der Waals surface area contributed by atoms with Crippen molar-refractivity contribution >= 4 is 23.2 Å². The minimum atomic E-state index is -0.586. The standard InChI is InChI=1S/C24H26FN3O3S/c1-15(2)17-9-8-16(3)12-21(17)31-13-22-28-20(14-32-22)24(30)27-11-10-26-23(29)18-6-4-5-7-19(18)25/h4-9,12,14-15H,10-11,13H2,1-3H3,(H,26,29)(H,27,30). The van der Waals surface area contributed by atoms with Crippen molar-refractivity contribution in [3.05, 3.63) is 81.1 Å². The molecule has 8 heteroatoms. The van der Waals surface area contributed by atoms with Crippen LogP contribution in [0.4, 0.5) is 4.39 Å². The summed E-state index contributed by atoms with van der Waals surface area (Å²) >= 11 is 1.35. The van der Waals surface area contributed by atoms with E-state index in [-0.39, 0.29) is 31.2 Å². The number of aromatic nitrogens is 1. The van der Waals surface area contributed by atoms with Crippen molar-refractivity contribution in [2.75, 3.05) is 13.1 Å². The normalized spacial score (nSPS) is 10.8. The summed E-state index contributed by atoms with van der Waals surface area (Å²) in [5.74, 6) is -0.292. The maximum atomic E-state index is 13.6. The summed E-state index contributed by atoms with van der Waals surface area (Å²) in [7, 11) is 0. The van der Waals surface area contributed by atoms with E-state index in [1.165, 1.54) is 29.5 Å². The monoisotopic (exact) mass is 455 g/mol. The molecule has 0 aliphatic rings. The first kappa shape index (κ1) is 23.4. The van der Waals surface area contributed by atoms with E-state index in [2.05, 4.69) is 41.6 Å². The second kappa shape index (κ2) is 10.9. The van der Waals surface area contributed by atoms with Crippen molar-refractivity contribution in [2.24, 2.45) is 0 Å². The number of thiazole rings is 1. The smallest absolute Gasteiger partial charge is 0.270 e. The third-order valence-electron chi connectivity index (χ3n) is 4.74. The summed E-state index contributed by atoms with van der Waals surface area (Å²) in [5.41, 5.74) is 2.51. The van der Waals surface area contributed by atoms with Crippen LogP contribution in [-0.2, 0) is 6.61 Å². The first-order valence-corrected chi connectivity index (χ1v) is 11.2. The van der Waals surface area contributed by atoms with Crippen LogP contribution in [0.15, 0.2) is 47.8 Å². The molecule has 0 saturated carbocycles. The lowest BCUT2D eigenvalue weighted by molar-refractivity contribution is 0.0923. The van der Waals surface area contributed by atoms with Gasteiger partial charge in [0.05, 0.1) is 5.56 Å². The number of amides is 2. The fourth-order valence-electron chi connectivity index (χ4n) is 3.05. The Morgan fingerprint density at radius 3 is 2.53 bits per heavy atom. The zero-order valence-corrected chi connectivity index (χ0v) is 19.1. The highest BCUT2D eigenvalue weighted by molar-refractivity contribution is 7.09. The Morgan fingerprint density at radius 2 is 1.81 bits per heavy atom. The van der Waals surface area contributed by atoms with Gasteiger partial charge in [-0.3, -0.25) is 9.59 Å². The Balaban J connectivity index is 1.47. The number of rotatable bonds is 9. The molecule has 0 aliphatic heterocycles. The summed E-state index contributed by atoms with van der Waals surface area (Å²) in [6.45, 7) is 6.89. The Kier molecular flexibility index (Phi) is 7.94. The van der Waals surface area contributed by atoms with Crippen LogP contribution in [-0.4, -0.2) is 29.9 Å². The number of carbonyl (C=O) groups is 2. The zero-order chi connectivity index (χ0) is 23.1. The van der Waals surface area contributed by atoms with Crippen molar-refractivity contribution in [1.82, 2.24) is 15.6 Å². The van der Waals surface area contributed by atoms with Gasteiger partial charge in [-0.1, -0.05) is 38.1 Å². The van der Waals surface area contributed by atoms with Crippen LogP contribution in [0.2, 0.25) is 0 Å². The topological polar surface area (TPSA) is 80.3 Å². The molecule has 1 aromatic heterocycles. The van der Waals surface area contributed by atoms with E-state index < -0.39 is 11.7 Å². The lowest BCUT2D eigenvalue weighted by Crippen LogP contribution is -2.35. The molecule has 2 aromatic carbocycles. The number of nitrogens with zero attached hydrogens (tertiary/aromatic N) is 1. The molecule has 6 nitrogen and oxygen atoms in total. The summed E-state index contributed by atoms with van der Waals surface area (Å²) in [6, 6.07) is 11.9. The van der Waals surface area contributed by atoms with Gasteiger partial charge in [0.1, 0.15) is 28.9 Å². The Morgan fingerprint density at radius 1 is 1.09 bits per heavy atom. The van der Waals surface area contributed by atoms with E-state index in [1.807, 2.05) is 13.0 Å². The van der Waals surface area contributed by atoms with Gasteiger partial charge in [0.25, 0.3) is 11.8 Å². The number of benzene rings is 2. The first-order valence-electron chi connectivity index (χ1n) is 10.3. The number of ether oxygens (including phenoxy) is 1. The summed E-state index contributed by atoms with van der Waals surface area (Å²) < 4.78 is 19.6. The van der Waals surface area contributed by atoms with Crippen LogP contribution in [0.25, 0.3) is 0 Å². The molecule has 168 valence electrons. The van der Waals surface area contributed by atoms with E-state index in [0.29, 0.717) is 16.6 Å². The minimum Gasteiger partial charge on any atom is -0.486 e. The average Bonchev–Trinajstić information content (AvgIpc) is 3.24. The molecule has 0 aliphatic carbocycles. The van der Waals surface area contributed by atoms with E-state index in [9.17, 15) is 14.0 Å². The highest BCUT2D eigenvalue weighted by Crippen LogP contribution is 2.28. The molecule has 0 atom stereocenters. The van der Waals surface area contributed by atoms with E-state index in [1.54, 1.807) is 11.4 Å². The first-order chi connectivity index (χ1) is 15.3. The van der Waals surface area contributed by atoms with Gasteiger partial charge in [-0.25, -0.2) is 9.37 Å². The number of hydrogen-bond acceptors (Lipinski definition) is 5. The van der Waals surface area contributed by atoms with Crippen LogP contribution in [0.1, 0.15) is 56.7 Å². The van der Waals surface area contributed by atoms with E-state index >= 15 is 0 Å². The van der Waals surface area contributed by atoms with Crippen LogP contribution >= 0.6 is 11.3 Å². The molecule has 0 unspecified atom stereocenters. The maximum absolute atomic E-state index is 13.6. The number of nitrogens with one attached hydrogen (secondary N) is 2. The average molecular weight is 456 g/mol. The largest absolute Gasteiger partial charge is 0.486 e. The summed E-state index contributed by atoms with van der Waals surface area (Å²) in [4.78, 5) is 28.6. The minimum absolute atomic E-state index is 0.0304. The molecule has 0 fully saturated rings. The Labute approximate surface area is 190 Å². The molecule has 0 saturated heterocycles. The van der Waals surface area contributed by atoms with Gasteiger partial charge < -0.3 is 15.4 Å². The van der Waals surface area contributed by atoms with Crippen molar-refractivity contribution in [3.8, 4) is 5.75 Å². The van der Waals surface area contributed by atoms with Crippen LogP contribution < -0.4 is 15.4 Å². The second-order valence-electron chi connectivity index (χ2n) is 7.60. The fraction of sp³-hybridized carbons (Fsp3) is 0.292. The molecule has 2 N–H and O–H groups in total. The molecule has 3 rings (SSSR count). The zero-order valence-electron chi connectivity index (χ0n) is 18.3. The number of aryl methyl sites for hydroxylation is 1. The van der Waals surface area contributed by atoms with Crippen molar-refractivity contribution < 1.29 is 18.7 Å². The highest BCUT2D eigenvalue weighted by atomic mass is 32.1. The SMILES string of the molecule is Cc1ccc(C(C)C)c(OCc2nc(C(=O)NCCNC(=O)c3ccccc3F)cs2)c1. The predicted octanol–water partition coefficient (Wildman–Crippen LogP) is 4.45. The molecule has 3 aromatic rings. The summed E-state index contributed by atoms with van der Waals surface area (Å²) in [6.07, 6.45) is 0. The third kappa shape index (κ3) is 6.13. The lowest BCUT2D eigenvalue weighted by Gasteiger charge is -2.14. The highest BCUT2D eigenvalue weighted by Gasteiger charge is 2.14. The van der Waals surface area contributed by atoms with Gasteiger partial charge in [0, 0.05) is 18.5 Å². The number of carbonyl (C=O) groups excluding carboxylic acids is 2. The van der Waals surface area contributed by atoms with Gasteiger partial charge in [-0.2, -0.15) is 0 Å². The fourth-order valence-corrected chi connectivity index (χ4v) is 3.73. The molecule has 0 radical (unpaired) electrons. The van der Waals surface area contributed by atoms with Gasteiger partial charge in [0.15, 0.2) is 0 Å². The van der Waals surface area contributed by atoms with Gasteiger partial charge in [0.2, 0.25) is 0 Å². The Hall–Kier alpha value is -3.26. The molecule has 0 bridgehead atoms. The molecule has 1 heterocycles. The third-order valence-corrected chi connectivity index (χ3v) is 5.56. The van der Waals surface area contributed by atoms with E-state index in [0.717, 1.165) is 16.9 Å². The second-order valence-corrected chi connectivity index (χ2v) is 8.55. The van der Waals surface area contributed by atoms with Crippen LogP contribution in [0.5, 0.6) is 5.75 Å². The van der Waals surface area contributed by atoms with Crippen LogP contribution in [0, 0.1) is 12.7 Å². The van der Waals surface area contributed by atoms with Crippen molar-refractivity contribution in [2.45, 2.75) is 33.3 Å². The predicted molar refractivity (Wildman–Crippen MR) is 123 cm³/mol. The van der Waals surface area contributed by atoms with Crippen LogP contribution in [0.3, 0.4) is 0 Å². The maximum Gasteiger partial charge on any atom is 0.270 e. The lowest BCUT2D eigenvalue weighted by atomic mass is 10.0. The van der Waals surface area contributed by atoms with Gasteiger partial charge in [-0.15, -0.1) is 11.3 Å². The molecule has 0 spiro atoms. The molecular formula is C24H26FN3O3S. The van der Waals surface area contributed by atoms with Gasteiger partial charge in [-0.05, 0) is 42.2 Å². The number of hydrogen-bond donors (Lipinski definition) is 2. The van der Waals surface area contributed by atoms with E-state index in [4.69, 9.17) is 4.74 Å². The quantitative estimate of drug-likeness (QED) is 0.467. The van der Waals surface area contributed by atoms with Crippen molar-refractivity contribution in [3.63, 3.8) is 0 Å². The number of halogens is 1. The molecular weight excluding hydrogens is 429 g/mol.